The zero-order chi connectivity index (χ0) is 23.7. The molecule has 9 heteroatoms. The van der Waals surface area contributed by atoms with Crippen molar-refractivity contribution in [1.29, 1.82) is 0 Å². The van der Waals surface area contributed by atoms with Crippen molar-refractivity contribution >= 4 is 41.0 Å². The summed E-state index contributed by atoms with van der Waals surface area (Å²) in [6.45, 7) is 6.01. The summed E-state index contributed by atoms with van der Waals surface area (Å²) in [6, 6.07) is 11.7. The normalized spacial score (nSPS) is 11.2. The molecule has 170 valence electrons. The van der Waals surface area contributed by atoms with E-state index in [0.29, 0.717) is 43.7 Å². The third-order valence-electron chi connectivity index (χ3n) is 4.85. The molecule has 4 rings (SSSR count). The van der Waals surface area contributed by atoms with Gasteiger partial charge in [-0.2, -0.15) is 5.10 Å². The van der Waals surface area contributed by atoms with Crippen molar-refractivity contribution in [3.63, 3.8) is 0 Å². The summed E-state index contributed by atoms with van der Waals surface area (Å²) >= 11 is 9.34. The summed E-state index contributed by atoms with van der Waals surface area (Å²) in [6.07, 6.45) is 0.738. The van der Waals surface area contributed by atoms with Crippen LogP contribution in [0.3, 0.4) is 0 Å². The van der Waals surface area contributed by atoms with E-state index < -0.39 is 0 Å². The predicted octanol–water partition coefficient (Wildman–Crippen LogP) is 7.09. The van der Waals surface area contributed by atoms with Crippen molar-refractivity contribution in [2.45, 2.75) is 30.2 Å². The number of hydrogen-bond donors (Lipinski definition) is 0. The number of carbonyl (C=O) groups excluding carboxylic acids is 1. The summed E-state index contributed by atoms with van der Waals surface area (Å²) < 4.78 is 21.8. The first-order chi connectivity index (χ1) is 15.8. The number of hydrogen-bond acceptors (Lipinski definition) is 6. The Bertz CT molecular complexity index is 1330. The van der Waals surface area contributed by atoms with E-state index in [1.807, 2.05) is 12.1 Å². The quantitative estimate of drug-likeness (QED) is 0.200. The number of aldehydes is 1. The molecule has 0 N–H and O–H groups in total. The van der Waals surface area contributed by atoms with Crippen molar-refractivity contribution in [3.8, 4) is 33.3 Å². The molecular formula is C24H21ClFN3O2S2. The van der Waals surface area contributed by atoms with E-state index in [4.69, 9.17) is 21.3 Å². The summed E-state index contributed by atoms with van der Waals surface area (Å²) in [5.41, 5.74) is 3.74. The zero-order valence-corrected chi connectivity index (χ0v) is 20.8. The molecule has 0 saturated heterocycles. The molecule has 0 fully saturated rings. The summed E-state index contributed by atoms with van der Waals surface area (Å²) in [4.78, 5) is 17.0. The summed E-state index contributed by atoms with van der Waals surface area (Å²) in [5.74, 6) is 0.182. The largest absolute Gasteiger partial charge is 0.495 e. The Labute approximate surface area is 204 Å². The van der Waals surface area contributed by atoms with Crippen LogP contribution < -0.4 is 4.74 Å². The fraction of sp³-hybridized carbons (Fsp3) is 0.208. The van der Waals surface area contributed by atoms with Crippen LogP contribution in [0, 0.1) is 12.7 Å². The molecule has 0 radical (unpaired) electrons. The van der Waals surface area contributed by atoms with E-state index in [1.54, 1.807) is 44.0 Å². The molecule has 0 atom stereocenters. The molecule has 0 aliphatic carbocycles. The molecule has 5 nitrogen and oxygen atoms in total. The number of aromatic nitrogens is 3. The van der Waals surface area contributed by atoms with Gasteiger partial charge in [0, 0.05) is 16.4 Å². The number of benzene rings is 2. The van der Waals surface area contributed by atoms with Gasteiger partial charge in [-0.05, 0) is 36.8 Å². The number of aryl methyl sites for hydroxylation is 1. The highest BCUT2D eigenvalue weighted by Gasteiger charge is 2.23. The number of methoxy groups -OCH3 is 1. The number of halogens is 2. The second-order valence-corrected chi connectivity index (χ2v) is 10.8. The number of ether oxygens (including phenoxy) is 1. The van der Waals surface area contributed by atoms with E-state index >= 15 is 0 Å². The van der Waals surface area contributed by atoms with Gasteiger partial charge in [-0.1, -0.05) is 55.0 Å². The van der Waals surface area contributed by atoms with Gasteiger partial charge in [-0.3, -0.25) is 4.79 Å². The van der Waals surface area contributed by atoms with Gasteiger partial charge in [0.15, 0.2) is 6.29 Å². The Morgan fingerprint density at radius 2 is 2.00 bits per heavy atom. The lowest BCUT2D eigenvalue weighted by Gasteiger charge is -2.07. The van der Waals surface area contributed by atoms with E-state index in [0.717, 1.165) is 21.8 Å². The number of carbonyl (C=O) groups is 1. The van der Waals surface area contributed by atoms with Crippen molar-refractivity contribution in [2.75, 3.05) is 7.11 Å². The van der Waals surface area contributed by atoms with E-state index in [1.165, 1.54) is 28.2 Å². The highest BCUT2D eigenvalue weighted by Crippen LogP contribution is 2.42. The topological polar surface area (TPSA) is 57.0 Å². The second kappa shape index (κ2) is 9.67. The van der Waals surface area contributed by atoms with E-state index in [-0.39, 0.29) is 5.82 Å². The first-order valence-electron chi connectivity index (χ1n) is 10.1. The van der Waals surface area contributed by atoms with Gasteiger partial charge < -0.3 is 4.74 Å². The lowest BCUT2D eigenvalue weighted by molar-refractivity contribution is 0.111. The maximum Gasteiger partial charge on any atom is 0.212 e. The average Bonchev–Trinajstić information content (AvgIpc) is 3.34. The number of thiazole rings is 1. The minimum atomic E-state index is -0.375. The lowest BCUT2D eigenvalue weighted by Crippen LogP contribution is -2.01. The van der Waals surface area contributed by atoms with Crippen LogP contribution in [0.1, 0.15) is 30.0 Å². The molecule has 0 aliphatic rings. The molecule has 2 heterocycles. The Morgan fingerprint density at radius 1 is 1.21 bits per heavy atom. The Morgan fingerprint density at radius 3 is 2.67 bits per heavy atom. The predicted molar refractivity (Wildman–Crippen MR) is 133 cm³/mol. The minimum absolute atomic E-state index is 0.319. The van der Waals surface area contributed by atoms with Crippen molar-refractivity contribution in [2.24, 2.45) is 0 Å². The van der Waals surface area contributed by atoms with Crippen molar-refractivity contribution < 1.29 is 13.9 Å². The summed E-state index contributed by atoms with van der Waals surface area (Å²) in [7, 11) is 1.57. The number of thioether (sulfide) groups is 1. The first-order valence-corrected chi connectivity index (χ1v) is 12.2. The fourth-order valence-corrected chi connectivity index (χ4v) is 6.15. The molecule has 0 amide bonds. The molecule has 0 saturated carbocycles. The monoisotopic (exact) mass is 501 g/mol. The van der Waals surface area contributed by atoms with Crippen LogP contribution in [-0.2, 0) is 0 Å². The van der Waals surface area contributed by atoms with Crippen LogP contribution >= 0.6 is 34.7 Å². The third-order valence-corrected chi connectivity index (χ3v) is 7.41. The van der Waals surface area contributed by atoms with Gasteiger partial charge in [0.1, 0.15) is 17.3 Å². The standard InChI is InChI=1S/C24H21ClFN3O2S2/c1-13(2)32-23-22(16-8-9-18(25)20(11-16)31-4)27-24(33-23)29-19(12-30)21(14(3)28-29)15-6-5-7-17(26)10-15/h5-13H,1-4H3. The lowest BCUT2D eigenvalue weighted by atomic mass is 10.0. The van der Waals surface area contributed by atoms with E-state index in [2.05, 4.69) is 18.9 Å². The smallest absolute Gasteiger partial charge is 0.212 e. The maximum absolute atomic E-state index is 13.9. The minimum Gasteiger partial charge on any atom is -0.495 e. The Hall–Kier alpha value is -2.68. The molecule has 0 unspecified atom stereocenters. The fourth-order valence-electron chi connectivity index (χ4n) is 3.47. The van der Waals surface area contributed by atoms with Gasteiger partial charge in [0.25, 0.3) is 0 Å². The van der Waals surface area contributed by atoms with Gasteiger partial charge in [0.2, 0.25) is 5.13 Å². The molecule has 2 aromatic heterocycles. The van der Waals surface area contributed by atoms with Crippen molar-refractivity contribution in [1.82, 2.24) is 14.8 Å². The van der Waals surface area contributed by atoms with Gasteiger partial charge in [-0.25, -0.2) is 14.1 Å². The zero-order valence-electron chi connectivity index (χ0n) is 18.4. The van der Waals surface area contributed by atoms with Crippen LogP contribution in [-0.4, -0.2) is 33.4 Å². The Kier molecular flexibility index (Phi) is 6.88. The molecule has 0 bridgehead atoms. The molecule has 2 aromatic carbocycles. The molecule has 0 aliphatic heterocycles. The molecule has 33 heavy (non-hydrogen) atoms. The van der Waals surface area contributed by atoms with Crippen LogP contribution in [0.15, 0.2) is 46.7 Å². The average molecular weight is 502 g/mol. The third kappa shape index (κ3) is 4.69. The Balaban J connectivity index is 1.88. The van der Waals surface area contributed by atoms with Crippen LogP contribution in [0.4, 0.5) is 4.39 Å². The van der Waals surface area contributed by atoms with Gasteiger partial charge in [-0.15, -0.1) is 11.8 Å². The second-order valence-electron chi connectivity index (χ2n) is 7.53. The van der Waals surface area contributed by atoms with Crippen LogP contribution in [0.2, 0.25) is 5.02 Å². The molecular weight excluding hydrogens is 481 g/mol. The van der Waals surface area contributed by atoms with Crippen LogP contribution in [0.25, 0.3) is 27.5 Å². The number of nitrogens with zero attached hydrogens (tertiary/aromatic N) is 3. The molecule has 0 spiro atoms. The van der Waals surface area contributed by atoms with Gasteiger partial charge >= 0.3 is 0 Å². The number of rotatable bonds is 7. The first kappa shape index (κ1) is 23.5. The van der Waals surface area contributed by atoms with E-state index in [9.17, 15) is 9.18 Å². The highest BCUT2D eigenvalue weighted by atomic mass is 35.5. The van der Waals surface area contributed by atoms with Crippen molar-refractivity contribution in [3.05, 3.63) is 64.7 Å². The SMILES string of the molecule is COc1cc(-c2nc(-n3nc(C)c(-c4cccc(F)c4)c3C=O)sc2SC(C)C)ccc1Cl. The maximum atomic E-state index is 13.9. The van der Waals surface area contributed by atoms with Gasteiger partial charge in [0.05, 0.1) is 27.7 Å². The molecule has 4 aromatic rings. The highest BCUT2D eigenvalue weighted by molar-refractivity contribution is 8.01. The summed E-state index contributed by atoms with van der Waals surface area (Å²) in [5, 5.41) is 5.97. The van der Waals surface area contributed by atoms with Crippen LogP contribution in [0.5, 0.6) is 5.75 Å².